The second-order valence-electron chi connectivity index (χ2n) is 3.61. The van der Waals surface area contributed by atoms with Gasteiger partial charge in [0, 0.05) is 22.9 Å². The van der Waals surface area contributed by atoms with Crippen LogP contribution in [0.5, 0.6) is 0 Å². The largest absolute Gasteiger partial charge is 0.369 e. The molecule has 1 fully saturated rings. The molecule has 2 aliphatic rings. The van der Waals surface area contributed by atoms with Crippen LogP contribution >= 0.6 is 23.2 Å². The van der Waals surface area contributed by atoms with Crippen molar-refractivity contribution in [3.8, 4) is 0 Å². The van der Waals surface area contributed by atoms with Crippen LogP contribution in [0.2, 0.25) is 10.0 Å². The van der Waals surface area contributed by atoms with E-state index < -0.39 is 0 Å². The van der Waals surface area contributed by atoms with Gasteiger partial charge in [-0.25, -0.2) is 0 Å². The number of benzene rings is 1. The van der Waals surface area contributed by atoms with Crippen LogP contribution in [0.4, 0.5) is 0 Å². The molecule has 68 valence electrons. The fourth-order valence-corrected chi connectivity index (χ4v) is 2.53. The van der Waals surface area contributed by atoms with Crippen LogP contribution in [0.3, 0.4) is 0 Å². The summed E-state index contributed by atoms with van der Waals surface area (Å²) in [5.41, 5.74) is 2.38. The molecule has 1 aromatic carbocycles. The summed E-state index contributed by atoms with van der Waals surface area (Å²) in [7, 11) is 0. The van der Waals surface area contributed by atoms with E-state index in [0.717, 1.165) is 22.9 Å². The molecule has 2 atom stereocenters. The van der Waals surface area contributed by atoms with Gasteiger partial charge in [-0.15, -0.1) is 0 Å². The Morgan fingerprint density at radius 1 is 1.00 bits per heavy atom. The molecule has 3 heteroatoms. The normalized spacial score (nSPS) is 29.4. The first-order valence-electron chi connectivity index (χ1n) is 4.37. The zero-order chi connectivity index (χ0) is 9.00. The van der Waals surface area contributed by atoms with Gasteiger partial charge >= 0.3 is 0 Å². The average Bonchev–Trinajstić information content (AvgIpc) is 2.87. The maximum atomic E-state index is 6.08. The Morgan fingerprint density at radius 2 is 1.46 bits per heavy atom. The van der Waals surface area contributed by atoms with Crippen LogP contribution in [0, 0.1) is 0 Å². The van der Waals surface area contributed by atoms with Crippen molar-refractivity contribution in [3.63, 3.8) is 0 Å². The van der Waals surface area contributed by atoms with E-state index in [9.17, 15) is 0 Å². The van der Waals surface area contributed by atoms with Gasteiger partial charge in [0.2, 0.25) is 0 Å². The molecule has 1 heterocycles. The zero-order valence-corrected chi connectivity index (χ0v) is 8.40. The minimum Gasteiger partial charge on any atom is -0.369 e. The summed E-state index contributed by atoms with van der Waals surface area (Å²) in [6.07, 6.45) is 2.67. The second-order valence-corrected chi connectivity index (χ2v) is 4.42. The van der Waals surface area contributed by atoms with Gasteiger partial charge in [-0.3, -0.25) is 0 Å². The van der Waals surface area contributed by atoms with Crippen molar-refractivity contribution >= 4 is 23.2 Å². The molecule has 0 N–H and O–H groups in total. The van der Waals surface area contributed by atoms with Crippen molar-refractivity contribution < 1.29 is 4.74 Å². The Hall–Kier alpha value is -0.240. The van der Waals surface area contributed by atoms with Crippen LogP contribution < -0.4 is 0 Å². The summed E-state index contributed by atoms with van der Waals surface area (Å²) >= 11 is 12.2. The highest BCUT2D eigenvalue weighted by Gasteiger charge is 2.43. The van der Waals surface area contributed by atoms with E-state index in [1.807, 2.05) is 12.1 Å². The fraction of sp³-hybridized carbons (Fsp3) is 0.400. The van der Waals surface area contributed by atoms with Crippen LogP contribution in [0.25, 0.3) is 0 Å². The van der Waals surface area contributed by atoms with Gasteiger partial charge in [0.15, 0.2) is 0 Å². The summed E-state index contributed by atoms with van der Waals surface area (Å²) in [5.74, 6) is 0. The van der Waals surface area contributed by atoms with E-state index in [1.54, 1.807) is 0 Å². The van der Waals surface area contributed by atoms with E-state index in [0.29, 0.717) is 12.2 Å². The molecule has 0 aromatic heterocycles. The lowest BCUT2D eigenvalue weighted by molar-refractivity contribution is 0.375. The smallest absolute Gasteiger partial charge is 0.0886 e. The van der Waals surface area contributed by atoms with Gasteiger partial charge in [0.1, 0.15) is 0 Å². The van der Waals surface area contributed by atoms with Crippen LogP contribution in [0.15, 0.2) is 12.1 Å². The molecule has 3 rings (SSSR count). The highest BCUT2D eigenvalue weighted by molar-refractivity contribution is 6.34. The number of ether oxygens (including phenoxy) is 1. The Balaban J connectivity index is 2.16. The lowest BCUT2D eigenvalue weighted by Gasteiger charge is -2.14. The summed E-state index contributed by atoms with van der Waals surface area (Å²) in [6, 6.07) is 3.73. The number of hydrogen-bond donors (Lipinski definition) is 0. The number of rotatable bonds is 0. The number of hydrogen-bond acceptors (Lipinski definition) is 1. The molecule has 0 radical (unpaired) electrons. The maximum absolute atomic E-state index is 6.08. The molecule has 1 aliphatic carbocycles. The number of epoxide rings is 1. The summed E-state index contributed by atoms with van der Waals surface area (Å²) in [6.45, 7) is 0. The Morgan fingerprint density at radius 3 is 1.92 bits per heavy atom. The Labute approximate surface area is 86.6 Å². The van der Waals surface area contributed by atoms with Gasteiger partial charge in [-0.1, -0.05) is 23.2 Å². The summed E-state index contributed by atoms with van der Waals surface area (Å²) in [4.78, 5) is 0. The third kappa shape index (κ3) is 1.18. The molecule has 0 amide bonds. The molecule has 1 nitrogen and oxygen atoms in total. The van der Waals surface area contributed by atoms with Crippen molar-refractivity contribution in [3.05, 3.63) is 33.3 Å². The molecular formula is C10H8Cl2O. The molecule has 13 heavy (non-hydrogen) atoms. The fourth-order valence-electron chi connectivity index (χ4n) is 2.02. The van der Waals surface area contributed by atoms with E-state index in [1.165, 1.54) is 11.1 Å². The van der Waals surface area contributed by atoms with Crippen molar-refractivity contribution in [2.45, 2.75) is 25.0 Å². The highest BCUT2D eigenvalue weighted by atomic mass is 35.5. The maximum Gasteiger partial charge on any atom is 0.0886 e. The third-order valence-electron chi connectivity index (χ3n) is 2.82. The van der Waals surface area contributed by atoms with E-state index >= 15 is 0 Å². The topological polar surface area (TPSA) is 12.5 Å². The predicted molar refractivity (Wildman–Crippen MR) is 52.5 cm³/mol. The second kappa shape index (κ2) is 2.63. The SMILES string of the molecule is Clc1ccc(Cl)c2c1CC1OC1C2. The van der Waals surface area contributed by atoms with E-state index in [4.69, 9.17) is 27.9 Å². The highest BCUT2D eigenvalue weighted by Crippen LogP contribution is 2.41. The van der Waals surface area contributed by atoms with Gasteiger partial charge in [0.25, 0.3) is 0 Å². The van der Waals surface area contributed by atoms with Crippen molar-refractivity contribution in [2.75, 3.05) is 0 Å². The summed E-state index contributed by atoms with van der Waals surface area (Å²) in [5, 5.41) is 1.65. The average molecular weight is 215 g/mol. The first-order valence-corrected chi connectivity index (χ1v) is 5.12. The van der Waals surface area contributed by atoms with Crippen LogP contribution in [-0.2, 0) is 17.6 Å². The minimum atomic E-state index is 0.406. The Bertz CT molecular complexity index is 340. The lowest BCUT2D eigenvalue weighted by atomic mass is 9.92. The van der Waals surface area contributed by atoms with Gasteiger partial charge in [0.05, 0.1) is 12.2 Å². The van der Waals surface area contributed by atoms with Crippen molar-refractivity contribution in [1.82, 2.24) is 0 Å². The quantitative estimate of drug-likeness (QED) is 0.606. The molecule has 0 saturated carbocycles. The molecule has 1 aliphatic heterocycles. The Kier molecular flexibility index (Phi) is 1.64. The minimum absolute atomic E-state index is 0.406. The van der Waals surface area contributed by atoms with Crippen molar-refractivity contribution in [1.29, 1.82) is 0 Å². The van der Waals surface area contributed by atoms with Crippen molar-refractivity contribution in [2.24, 2.45) is 0 Å². The standard InChI is InChI=1S/C10H8Cl2O/c11-7-1-2-8(12)6-4-10-9(13-10)3-5(6)7/h1-2,9-10H,3-4H2. The van der Waals surface area contributed by atoms with Crippen LogP contribution in [-0.4, -0.2) is 12.2 Å². The molecular weight excluding hydrogens is 207 g/mol. The molecule has 1 aromatic rings. The van der Waals surface area contributed by atoms with Crippen LogP contribution in [0.1, 0.15) is 11.1 Å². The molecule has 2 unspecified atom stereocenters. The monoisotopic (exact) mass is 214 g/mol. The number of halogens is 2. The molecule has 0 bridgehead atoms. The number of fused-ring (bicyclic) bond motifs is 2. The third-order valence-corrected chi connectivity index (χ3v) is 3.52. The van der Waals surface area contributed by atoms with E-state index in [2.05, 4.69) is 0 Å². The van der Waals surface area contributed by atoms with Gasteiger partial charge in [-0.2, -0.15) is 0 Å². The van der Waals surface area contributed by atoms with E-state index in [-0.39, 0.29) is 0 Å². The van der Waals surface area contributed by atoms with Gasteiger partial charge < -0.3 is 4.74 Å². The zero-order valence-electron chi connectivity index (χ0n) is 6.89. The lowest BCUT2D eigenvalue weighted by Crippen LogP contribution is -2.12. The first kappa shape index (κ1) is 8.10. The summed E-state index contributed by atoms with van der Waals surface area (Å²) < 4.78 is 5.45. The molecule has 0 spiro atoms. The molecule has 1 saturated heterocycles. The predicted octanol–water partition coefficient (Wildman–Crippen LogP) is 2.86. The first-order chi connectivity index (χ1) is 6.25. The van der Waals surface area contributed by atoms with Gasteiger partial charge in [-0.05, 0) is 23.3 Å².